The normalized spacial score (nSPS) is 22.1. The lowest BCUT2D eigenvalue weighted by Gasteiger charge is -2.41. The zero-order valence-corrected chi connectivity index (χ0v) is 36.3. The Balaban J connectivity index is 2.65. The minimum absolute atomic E-state index is 0.223. The van der Waals surface area contributed by atoms with Crippen LogP contribution in [0, 0.1) is 0 Å². The van der Waals surface area contributed by atoms with E-state index in [0.29, 0.717) is 12.8 Å². The van der Waals surface area contributed by atoms with Gasteiger partial charge in [0.2, 0.25) is 5.91 Å². The molecule has 7 N–H and O–H groups in total. The summed E-state index contributed by atoms with van der Waals surface area (Å²) in [4.78, 5) is 13.1. The SMILES string of the molecule is CCCCC/C=C\C/C=C\CCCCCCCCC(O)C(=O)NC(COC1OC(CO)C(O)C(OS(=O)(=O)O)C1O)C(O)/C=C/CC/C=C/CCCCCCCCC. The van der Waals surface area contributed by atoms with Gasteiger partial charge in [0.05, 0.1) is 25.4 Å². The molecule has 1 aliphatic rings. The average Bonchev–Trinajstić information content (AvgIpc) is 3.19. The van der Waals surface area contributed by atoms with Crippen LogP contribution in [0.1, 0.15) is 162 Å². The second kappa shape index (κ2) is 34.7. The highest BCUT2D eigenvalue weighted by Gasteiger charge is 2.48. The number of aliphatic hydroxyl groups excluding tert-OH is 5. The minimum atomic E-state index is -5.12. The molecule has 8 unspecified atom stereocenters. The molecule has 0 bridgehead atoms. The van der Waals surface area contributed by atoms with E-state index in [9.17, 15) is 38.7 Å². The summed E-state index contributed by atoms with van der Waals surface area (Å²) < 4.78 is 47.4. The zero-order chi connectivity index (χ0) is 42.9. The van der Waals surface area contributed by atoms with Crippen molar-refractivity contribution in [2.75, 3.05) is 13.2 Å². The molecule has 0 radical (unpaired) electrons. The first-order valence-corrected chi connectivity index (χ1v) is 23.5. The topological polar surface area (TPSA) is 212 Å². The van der Waals surface area contributed by atoms with E-state index in [4.69, 9.17) is 14.0 Å². The third-order valence-corrected chi connectivity index (χ3v) is 10.7. The molecule has 14 heteroatoms. The van der Waals surface area contributed by atoms with Crippen LogP contribution in [-0.2, 0) is 28.9 Å². The predicted molar refractivity (Wildman–Crippen MR) is 228 cm³/mol. The fourth-order valence-electron chi connectivity index (χ4n) is 6.62. The van der Waals surface area contributed by atoms with Gasteiger partial charge in [-0.25, -0.2) is 4.18 Å². The van der Waals surface area contributed by atoms with Gasteiger partial charge in [0.1, 0.15) is 30.5 Å². The summed E-state index contributed by atoms with van der Waals surface area (Å²) >= 11 is 0. The molecule has 1 fully saturated rings. The lowest BCUT2D eigenvalue weighted by molar-refractivity contribution is -0.298. The van der Waals surface area contributed by atoms with Gasteiger partial charge in [-0.3, -0.25) is 9.35 Å². The van der Waals surface area contributed by atoms with Crippen molar-refractivity contribution in [3.63, 3.8) is 0 Å². The number of carbonyl (C=O) groups excluding carboxylic acids is 1. The molecule has 58 heavy (non-hydrogen) atoms. The van der Waals surface area contributed by atoms with E-state index >= 15 is 0 Å². The Bertz CT molecular complexity index is 1240. The minimum Gasteiger partial charge on any atom is -0.394 e. The molecular weight excluding hydrogens is 767 g/mol. The van der Waals surface area contributed by atoms with Crippen LogP contribution in [0.15, 0.2) is 48.6 Å². The average molecular weight is 846 g/mol. The second-order valence-electron chi connectivity index (χ2n) is 15.4. The summed E-state index contributed by atoms with van der Waals surface area (Å²) in [5, 5.41) is 55.0. The Labute approximate surface area is 350 Å². The summed E-state index contributed by atoms with van der Waals surface area (Å²) in [6.45, 7) is 3.13. The number of carbonyl (C=O) groups is 1. The maximum Gasteiger partial charge on any atom is 0.397 e. The van der Waals surface area contributed by atoms with Gasteiger partial charge in [0, 0.05) is 0 Å². The standard InChI is InChI=1S/C44H79NO12S/c1-3-5-7-9-11-13-15-17-18-19-21-23-25-27-29-31-33-38(48)43(51)45-36(37(47)32-30-28-26-24-22-20-16-14-12-10-8-6-4-2)35-55-44-41(50)42(57-58(52,53)54)40(49)39(34-46)56-44/h11,13,17-18,22,24,30,32,36-42,44,46-50H,3-10,12,14-16,19-21,23,25-29,31,33-35H2,1-2H3,(H,45,51)(H,52,53,54)/b13-11-,18-17-,24-22+,32-30+. The Hall–Kier alpha value is -1.98. The van der Waals surface area contributed by atoms with Crippen molar-refractivity contribution < 1.29 is 57.0 Å². The van der Waals surface area contributed by atoms with E-state index in [1.54, 1.807) is 6.08 Å². The monoisotopic (exact) mass is 846 g/mol. The van der Waals surface area contributed by atoms with Gasteiger partial charge >= 0.3 is 10.4 Å². The van der Waals surface area contributed by atoms with Gasteiger partial charge in [0.25, 0.3) is 0 Å². The maximum atomic E-state index is 13.1. The van der Waals surface area contributed by atoms with Crippen LogP contribution >= 0.6 is 0 Å². The highest BCUT2D eigenvalue weighted by molar-refractivity contribution is 7.80. The molecule has 0 aromatic heterocycles. The van der Waals surface area contributed by atoms with Crippen molar-refractivity contribution in [2.24, 2.45) is 0 Å². The smallest absolute Gasteiger partial charge is 0.394 e. The van der Waals surface area contributed by atoms with Gasteiger partial charge in [-0.1, -0.05) is 146 Å². The number of ether oxygens (including phenoxy) is 2. The van der Waals surface area contributed by atoms with Gasteiger partial charge in [0.15, 0.2) is 6.29 Å². The maximum absolute atomic E-state index is 13.1. The molecule has 0 aromatic carbocycles. The summed E-state index contributed by atoms with van der Waals surface area (Å²) in [6.07, 6.45) is 29.1. The molecule has 1 saturated heterocycles. The molecule has 0 aromatic rings. The largest absolute Gasteiger partial charge is 0.397 e. The molecular formula is C44H79NO12S. The molecule has 1 aliphatic heterocycles. The van der Waals surface area contributed by atoms with Crippen LogP contribution < -0.4 is 5.32 Å². The number of rotatable bonds is 36. The molecule has 1 rings (SSSR count). The lowest BCUT2D eigenvalue weighted by Crippen LogP contribution is -2.61. The molecule has 338 valence electrons. The van der Waals surface area contributed by atoms with E-state index in [2.05, 4.69) is 59.8 Å². The number of allylic oxidation sites excluding steroid dienone is 7. The zero-order valence-electron chi connectivity index (χ0n) is 35.5. The lowest BCUT2D eigenvalue weighted by atomic mass is 9.99. The molecule has 1 heterocycles. The van der Waals surface area contributed by atoms with Crippen molar-refractivity contribution in [2.45, 2.75) is 210 Å². The molecule has 13 nitrogen and oxygen atoms in total. The van der Waals surface area contributed by atoms with E-state index in [1.807, 2.05) is 0 Å². The summed E-state index contributed by atoms with van der Waals surface area (Å²) in [6, 6.07) is -1.14. The first-order chi connectivity index (χ1) is 27.9. The third kappa shape index (κ3) is 27.0. The van der Waals surface area contributed by atoms with Crippen LogP contribution in [0.25, 0.3) is 0 Å². The summed E-state index contributed by atoms with van der Waals surface area (Å²) in [5.41, 5.74) is 0. The number of amides is 1. The van der Waals surface area contributed by atoms with Crippen molar-refractivity contribution >= 4 is 16.3 Å². The second-order valence-corrected chi connectivity index (χ2v) is 16.5. The van der Waals surface area contributed by atoms with Crippen molar-refractivity contribution in [1.82, 2.24) is 5.32 Å². The first-order valence-electron chi connectivity index (χ1n) is 22.1. The van der Waals surface area contributed by atoms with Crippen molar-refractivity contribution in [1.29, 1.82) is 0 Å². The Morgan fingerprint density at radius 2 is 1.21 bits per heavy atom. The fraction of sp³-hybridized carbons (Fsp3) is 0.795. The van der Waals surface area contributed by atoms with Gasteiger partial charge in [-0.05, 0) is 64.2 Å². The summed E-state index contributed by atoms with van der Waals surface area (Å²) in [5.74, 6) is -0.724. The van der Waals surface area contributed by atoms with Crippen molar-refractivity contribution in [3.8, 4) is 0 Å². The van der Waals surface area contributed by atoms with Crippen LogP contribution in [-0.4, -0.2) is 107 Å². The third-order valence-electron chi connectivity index (χ3n) is 10.2. The summed E-state index contributed by atoms with van der Waals surface area (Å²) in [7, 11) is -5.12. The van der Waals surface area contributed by atoms with E-state index in [1.165, 1.54) is 63.9 Å². The molecule has 8 atom stereocenters. The quantitative estimate of drug-likeness (QED) is 0.0192. The van der Waals surface area contributed by atoms with E-state index in [0.717, 1.165) is 70.6 Å². The Kier molecular flexibility index (Phi) is 32.3. The number of hydrogen-bond acceptors (Lipinski definition) is 11. The molecule has 0 saturated carbocycles. The van der Waals surface area contributed by atoms with Crippen LogP contribution in [0.5, 0.6) is 0 Å². The Morgan fingerprint density at radius 3 is 1.79 bits per heavy atom. The number of hydrogen-bond donors (Lipinski definition) is 7. The van der Waals surface area contributed by atoms with Gasteiger partial charge in [-0.2, -0.15) is 8.42 Å². The molecule has 0 aliphatic carbocycles. The molecule has 0 spiro atoms. The number of nitrogens with one attached hydrogen (secondary N) is 1. The van der Waals surface area contributed by atoms with E-state index < -0.39 is 78.5 Å². The van der Waals surface area contributed by atoms with Gasteiger partial charge < -0.3 is 40.3 Å². The number of unbranched alkanes of at least 4 members (excludes halogenated alkanes) is 17. The van der Waals surface area contributed by atoms with Crippen LogP contribution in [0.3, 0.4) is 0 Å². The van der Waals surface area contributed by atoms with Crippen LogP contribution in [0.4, 0.5) is 0 Å². The predicted octanol–water partition coefficient (Wildman–Crippen LogP) is 7.07. The van der Waals surface area contributed by atoms with Gasteiger partial charge in [-0.15, -0.1) is 0 Å². The van der Waals surface area contributed by atoms with E-state index in [-0.39, 0.29) is 6.42 Å². The fourth-order valence-corrected chi connectivity index (χ4v) is 7.13. The first kappa shape index (κ1) is 54.0. The van der Waals surface area contributed by atoms with Crippen LogP contribution in [0.2, 0.25) is 0 Å². The van der Waals surface area contributed by atoms with Crippen molar-refractivity contribution in [3.05, 3.63) is 48.6 Å². The highest BCUT2D eigenvalue weighted by Crippen LogP contribution is 2.26. The molecule has 1 amide bonds. The Morgan fingerprint density at radius 1 is 0.707 bits per heavy atom. The highest BCUT2D eigenvalue weighted by atomic mass is 32.3. The number of aliphatic hydroxyl groups is 5.